The number of carbonyl (C=O) groups is 1. The molecule has 3 aromatic rings. The van der Waals surface area contributed by atoms with Gasteiger partial charge in [0.1, 0.15) is 17.0 Å². The van der Waals surface area contributed by atoms with E-state index < -0.39 is 0 Å². The lowest BCUT2D eigenvalue weighted by atomic mass is 10.1. The summed E-state index contributed by atoms with van der Waals surface area (Å²) in [6, 6.07) is 12.0. The molecule has 0 radical (unpaired) electrons. The molecule has 158 valence electrons. The number of carbonyl (C=O) groups excluding carboxylic acids is 1. The fourth-order valence-electron chi connectivity index (χ4n) is 3.80. The van der Waals surface area contributed by atoms with Crippen LogP contribution in [0.5, 0.6) is 11.5 Å². The summed E-state index contributed by atoms with van der Waals surface area (Å²) in [5.74, 6) is 1.85. The number of para-hydroxylation sites is 1. The number of thiazole rings is 1. The highest BCUT2D eigenvalue weighted by Gasteiger charge is 2.23. The zero-order valence-corrected chi connectivity index (χ0v) is 18.5. The summed E-state index contributed by atoms with van der Waals surface area (Å²) in [5.41, 5.74) is 3.00. The van der Waals surface area contributed by atoms with E-state index in [2.05, 4.69) is 11.0 Å². The molecule has 30 heavy (non-hydrogen) atoms. The predicted molar refractivity (Wildman–Crippen MR) is 121 cm³/mol. The first-order chi connectivity index (χ1) is 14.6. The van der Waals surface area contributed by atoms with Crippen molar-refractivity contribution in [2.45, 2.75) is 20.3 Å². The van der Waals surface area contributed by atoms with Crippen LogP contribution < -0.4 is 14.4 Å². The Balaban J connectivity index is 1.39. The van der Waals surface area contributed by atoms with E-state index in [0.717, 1.165) is 51.1 Å². The summed E-state index contributed by atoms with van der Waals surface area (Å²) >= 11 is 1.68. The minimum absolute atomic E-state index is 0.169. The van der Waals surface area contributed by atoms with E-state index in [9.17, 15) is 4.79 Å². The Hall–Kier alpha value is -2.80. The van der Waals surface area contributed by atoms with Crippen molar-refractivity contribution in [3.8, 4) is 11.5 Å². The van der Waals surface area contributed by atoms with Crippen molar-refractivity contribution in [1.29, 1.82) is 0 Å². The molecular weight excluding hydrogens is 398 g/mol. The third kappa shape index (κ3) is 4.21. The Morgan fingerprint density at radius 1 is 1.13 bits per heavy atom. The van der Waals surface area contributed by atoms with Gasteiger partial charge in [0.2, 0.25) is 5.91 Å². The number of ether oxygens (including phenoxy) is 2. The van der Waals surface area contributed by atoms with Gasteiger partial charge in [0.05, 0.1) is 24.8 Å². The molecule has 1 aliphatic rings. The van der Waals surface area contributed by atoms with Crippen LogP contribution in [0.3, 0.4) is 0 Å². The van der Waals surface area contributed by atoms with Crippen molar-refractivity contribution in [1.82, 2.24) is 9.88 Å². The molecule has 1 aliphatic heterocycles. The van der Waals surface area contributed by atoms with E-state index in [1.165, 1.54) is 0 Å². The third-order valence-electron chi connectivity index (χ3n) is 5.39. The van der Waals surface area contributed by atoms with Crippen LogP contribution >= 0.6 is 11.3 Å². The summed E-state index contributed by atoms with van der Waals surface area (Å²) < 4.78 is 12.1. The summed E-state index contributed by atoms with van der Waals surface area (Å²) in [4.78, 5) is 21.8. The highest BCUT2D eigenvalue weighted by molar-refractivity contribution is 7.22. The number of fused-ring (bicyclic) bond motifs is 1. The summed E-state index contributed by atoms with van der Waals surface area (Å²) in [7, 11) is 1.66. The van der Waals surface area contributed by atoms with Gasteiger partial charge in [-0.25, -0.2) is 4.98 Å². The fraction of sp³-hybridized carbons (Fsp3) is 0.391. The molecule has 0 spiro atoms. The van der Waals surface area contributed by atoms with E-state index in [0.29, 0.717) is 26.1 Å². The van der Waals surface area contributed by atoms with Gasteiger partial charge in [0.15, 0.2) is 5.13 Å². The second-order valence-corrected chi connectivity index (χ2v) is 8.39. The number of hydrogen-bond acceptors (Lipinski definition) is 6. The number of piperazine rings is 1. The molecule has 0 aliphatic carbocycles. The van der Waals surface area contributed by atoms with Crippen molar-refractivity contribution in [2.24, 2.45) is 0 Å². The maximum Gasteiger partial charge on any atom is 0.227 e. The smallest absolute Gasteiger partial charge is 0.227 e. The Kier molecular flexibility index (Phi) is 6.08. The molecule has 1 aromatic heterocycles. The Morgan fingerprint density at radius 3 is 2.63 bits per heavy atom. The number of aromatic nitrogens is 1. The van der Waals surface area contributed by atoms with Crippen LogP contribution in [-0.2, 0) is 11.2 Å². The second kappa shape index (κ2) is 8.92. The van der Waals surface area contributed by atoms with Gasteiger partial charge in [-0.15, -0.1) is 0 Å². The zero-order valence-electron chi connectivity index (χ0n) is 17.7. The van der Waals surface area contributed by atoms with E-state index in [-0.39, 0.29) is 5.91 Å². The number of amides is 1. The van der Waals surface area contributed by atoms with Crippen LogP contribution in [0.1, 0.15) is 18.1 Å². The lowest BCUT2D eigenvalue weighted by Crippen LogP contribution is -2.49. The van der Waals surface area contributed by atoms with Gasteiger partial charge in [-0.05, 0) is 43.2 Å². The summed E-state index contributed by atoms with van der Waals surface area (Å²) in [6.45, 7) is 7.61. The molecule has 2 aromatic carbocycles. The van der Waals surface area contributed by atoms with Crippen LogP contribution in [0.25, 0.3) is 10.2 Å². The monoisotopic (exact) mass is 425 g/mol. The van der Waals surface area contributed by atoms with E-state index >= 15 is 0 Å². The minimum Gasteiger partial charge on any atom is -0.496 e. The quantitative estimate of drug-likeness (QED) is 0.600. The first-order valence-electron chi connectivity index (χ1n) is 10.3. The van der Waals surface area contributed by atoms with Crippen molar-refractivity contribution >= 4 is 32.6 Å². The maximum absolute atomic E-state index is 12.8. The standard InChI is InChI=1S/C23H27N3O3S/c1-4-29-19-6-5-7-20-22(19)24-23(30-20)26-12-10-25(11-13-26)21(27)15-17-8-9-18(28-3)16(2)14-17/h5-9,14H,4,10-13,15H2,1-3H3. The zero-order chi connectivity index (χ0) is 21.1. The molecule has 0 N–H and O–H groups in total. The second-order valence-electron chi connectivity index (χ2n) is 7.38. The molecule has 4 rings (SSSR count). The molecule has 0 bridgehead atoms. The third-order valence-corrected chi connectivity index (χ3v) is 6.47. The van der Waals surface area contributed by atoms with Crippen molar-refractivity contribution in [3.63, 3.8) is 0 Å². The van der Waals surface area contributed by atoms with Crippen LogP contribution in [0.2, 0.25) is 0 Å². The Morgan fingerprint density at radius 2 is 1.93 bits per heavy atom. The molecule has 7 heteroatoms. The molecule has 6 nitrogen and oxygen atoms in total. The van der Waals surface area contributed by atoms with E-state index in [1.54, 1.807) is 18.4 Å². The Labute approximate surface area is 181 Å². The van der Waals surface area contributed by atoms with Gasteiger partial charge in [0, 0.05) is 26.2 Å². The van der Waals surface area contributed by atoms with Gasteiger partial charge in [-0.3, -0.25) is 4.79 Å². The van der Waals surface area contributed by atoms with Crippen molar-refractivity contribution < 1.29 is 14.3 Å². The summed E-state index contributed by atoms with van der Waals surface area (Å²) in [6.07, 6.45) is 0.420. The highest BCUT2D eigenvalue weighted by Crippen LogP contribution is 2.34. The molecule has 0 saturated carbocycles. The maximum atomic E-state index is 12.8. The van der Waals surface area contributed by atoms with Crippen LogP contribution in [0.4, 0.5) is 5.13 Å². The lowest BCUT2D eigenvalue weighted by Gasteiger charge is -2.34. The molecule has 0 unspecified atom stereocenters. The summed E-state index contributed by atoms with van der Waals surface area (Å²) in [5, 5.41) is 0.995. The van der Waals surface area contributed by atoms with Gasteiger partial charge in [-0.2, -0.15) is 0 Å². The Bertz CT molecular complexity index is 1040. The van der Waals surface area contributed by atoms with E-state index in [1.807, 2.05) is 49.1 Å². The fourth-order valence-corrected chi connectivity index (χ4v) is 4.84. The number of nitrogens with zero attached hydrogens (tertiary/aromatic N) is 3. The number of aryl methyl sites for hydroxylation is 1. The van der Waals surface area contributed by atoms with Gasteiger partial charge < -0.3 is 19.3 Å². The number of methoxy groups -OCH3 is 1. The van der Waals surface area contributed by atoms with Gasteiger partial charge >= 0.3 is 0 Å². The first-order valence-corrected chi connectivity index (χ1v) is 11.1. The average molecular weight is 426 g/mol. The predicted octanol–water partition coefficient (Wildman–Crippen LogP) is 3.90. The molecule has 1 saturated heterocycles. The number of rotatable bonds is 6. The SMILES string of the molecule is CCOc1cccc2sc(N3CCN(C(=O)Cc4ccc(OC)c(C)c4)CC3)nc12. The van der Waals surface area contributed by atoms with Crippen LogP contribution in [0, 0.1) is 6.92 Å². The highest BCUT2D eigenvalue weighted by atomic mass is 32.1. The van der Waals surface area contributed by atoms with Crippen molar-refractivity contribution in [3.05, 3.63) is 47.5 Å². The molecule has 1 amide bonds. The van der Waals surface area contributed by atoms with Gasteiger partial charge in [0.25, 0.3) is 0 Å². The molecule has 1 fully saturated rings. The van der Waals surface area contributed by atoms with Crippen LogP contribution in [0.15, 0.2) is 36.4 Å². The first kappa shape index (κ1) is 20.5. The number of benzene rings is 2. The average Bonchev–Trinajstić information content (AvgIpc) is 3.20. The number of hydrogen-bond donors (Lipinski definition) is 0. The normalized spacial score (nSPS) is 14.2. The van der Waals surface area contributed by atoms with Crippen molar-refractivity contribution in [2.75, 3.05) is 44.8 Å². The lowest BCUT2D eigenvalue weighted by molar-refractivity contribution is -0.130. The van der Waals surface area contributed by atoms with Gasteiger partial charge in [-0.1, -0.05) is 29.5 Å². The largest absolute Gasteiger partial charge is 0.496 e. The molecule has 2 heterocycles. The topological polar surface area (TPSA) is 54.9 Å². The molecular formula is C23H27N3O3S. The van der Waals surface area contributed by atoms with Crippen LogP contribution in [-0.4, -0.2) is 55.7 Å². The number of anilines is 1. The van der Waals surface area contributed by atoms with E-state index in [4.69, 9.17) is 14.5 Å². The molecule has 0 atom stereocenters. The minimum atomic E-state index is 0.169.